The maximum atomic E-state index is 3.67. The zero-order valence-corrected chi connectivity index (χ0v) is 13.1. The van der Waals surface area contributed by atoms with Gasteiger partial charge in [0.25, 0.3) is 0 Å². The zero-order valence-electron chi connectivity index (χ0n) is 13.1. The van der Waals surface area contributed by atoms with Gasteiger partial charge in [-0.1, -0.05) is 77.6 Å². The monoisotopic (exact) mass is 265 g/mol. The Morgan fingerprint density at radius 3 is 1.95 bits per heavy atom. The van der Waals surface area contributed by atoms with E-state index in [-0.39, 0.29) is 0 Å². The predicted molar refractivity (Wildman–Crippen MR) is 84.4 cm³/mol. The highest BCUT2D eigenvalue weighted by molar-refractivity contribution is 4.83. The predicted octanol–water partition coefficient (Wildman–Crippen LogP) is 5.15. The van der Waals surface area contributed by atoms with Crippen molar-refractivity contribution in [3.63, 3.8) is 0 Å². The normalized spacial score (nSPS) is 32.7. The molecule has 0 amide bonds. The van der Waals surface area contributed by atoms with Crippen molar-refractivity contribution in [2.24, 2.45) is 17.8 Å². The van der Waals surface area contributed by atoms with E-state index in [9.17, 15) is 0 Å². The van der Waals surface area contributed by atoms with Crippen LogP contribution in [0.2, 0.25) is 0 Å². The average molecular weight is 265 g/mol. The molecule has 0 bridgehead atoms. The van der Waals surface area contributed by atoms with Gasteiger partial charge in [-0.2, -0.15) is 0 Å². The third-order valence-electron chi connectivity index (χ3n) is 5.71. The smallest absolute Gasteiger partial charge is 0.00152 e. The van der Waals surface area contributed by atoms with Crippen molar-refractivity contribution in [3.8, 4) is 0 Å². The molecule has 0 radical (unpaired) electrons. The molecule has 1 aliphatic carbocycles. The van der Waals surface area contributed by atoms with E-state index in [1.54, 1.807) is 0 Å². The Kier molecular flexibility index (Phi) is 7.27. The van der Waals surface area contributed by atoms with Crippen LogP contribution in [-0.4, -0.2) is 13.1 Å². The summed E-state index contributed by atoms with van der Waals surface area (Å²) < 4.78 is 0. The number of nitrogens with one attached hydrogen (secondary N) is 1. The first kappa shape index (κ1) is 15.4. The van der Waals surface area contributed by atoms with E-state index in [1.165, 1.54) is 90.1 Å². The SMILES string of the molecule is CCC1CCNCC1C1CCCCCCCCCC1. The molecule has 19 heavy (non-hydrogen) atoms. The summed E-state index contributed by atoms with van der Waals surface area (Å²) in [5.41, 5.74) is 0. The van der Waals surface area contributed by atoms with Crippen LogP contribution in [0, 0.1) is 17.8 Å². The van der Waals surface area contributed by atoms with E-state index >= 15 is 0 Å². The summed E-state index contributed by atoms with van der Waals surface area (Å²) in [5.74, 6) is 3.02. The molecule has 0 aromatic rings. The van der Waals surface area contributed by atoms with E-state index in [0.717, 1.165) is 17.8 Å². The quantitative estimate of drug-likeness (QED) is 0.728. The fourth-order valence-corrected chi connectivity index (χ4v) is 4.44. The van der Waals surface area contributed by atoms with Gasteiger partial charge in [-0.25, -0.2) is 0 Å². The number of rotatable bonds is 2. The molecule has 1 aliphatic heterocycles. The van der Waals surface area contributed by atoms with Crippen molar-refractivity contribution in [1.82, 2.24) is 5.32 Å². The van der Waals surface area contributed by atoms with E-state index < -0.39 is 0 Å². The van der Waals surface area contributed by atoms with Gasteiger partial charge < -0.3 is 5.32 Å². The zero-order chi connectivity index (χ0) is 13.3. The first-order chi connectivity index (χ1) is 9.42. The van der Waals surface area contributed by atoms with Gasteiger partial charge in [0, 0.05) is 0 Å². The van der Waals surface area contributed by atoms with Gasteiger partial charge >= 0.3 is 0 Å². The molecule has 1 saturated heterocycles. The van der Waals surface area contributed by atoms with Crippen LogP contribution in [0.5, 0.6) is 0 Å². The Labute approximate surface area is 120 Å². The van der Waals surface area contributed by atoms with Crippen molar-refractivity contribution in [1.29, 1.82) is 0 Å². The molecule has 0 aromatic carbocycles. The van der Waals surface area contributed by atoms with Gasteiger partial charge in [0.15, 0.2) is 0 Å². The van der Waals surface area contributed by atoms with Crippen molar-refractivity contribution in [2.75, 3.05) is 13.1 Å². The van der Waals surface area contributed by atoms with Gasteiger partial charge in [-0.15, -0.1) is 0 Å². The molecule has 2 aliphatic rings. The van der Waals surface area contributed by atoms with Crippen LogP contribution in [-0.2, 0) is 0 Å². The highest BCUT2D eigenvalue weighted by Crippen LogP contribution is 2.35. The summed E-state index contributed by atoms with van der Waals surface area (Å²) >= 11 is 0. The summed E-state index contributed by atoms with van der Waals surface area (Å²) in [6, 6.07) is 0. The fraction of sp³-hybridized carbons (Fsp3) is 1.00. The molecule has 1 heterocycles. The summed E-state index contributed by atoms with van der Waals surface area (Å²) in [7, 11) is 0. The highest BCUT2D eigenvalue weighted by atomic mass is 14.9. The van der Waals surface area contributed by atoms with E-state index in [0.29, 0.717) is 0 Å². The molecular weight excluding hydrogens is 230 g/mol. The summed E-state index contributed by atoms with van der Waals surface area (Å²) in [4.78, 5) is 0. The Bertz CT molecular complexity index is 214. The summed E-state index contributed by atoms with van der Waals surface area (Å²) in [5, 5.41) is 3.67. The highest BCUT2D eigenvalue weighted by Gasteiger charge is 2.29. The van der Waals surface area contributed by atoms with Crippen molar-refractivity contribution >= 4 is 0 Å². The largest absolute Gasteiger partial charge is 0.316 e. The molecular formula is C18H35N. The van der Waals surface area contributed by atoms with Crippen LogP contribution < -0.4 is 5.32 Å². The van der Waals surface area contributed by atoms with Crippen LogP contribution in [0.3, 0.4) is 0 Å². The van der Waals surface area contributed by atoms with Gasteiger partial charge in [-0.05, 0) is 37.3 Å². The Balaban J connectivity index is 1.88. The molecule has 2 unspecified atom stereocenters. The Hall–Kier alpha value is -0.0400. The van der Waals surface area contributed by atoms with Crippen molar-refractivity contribution < 1.29 is 0 Å². The molecule has 0 spiro atoms. The lowest BCUT2D eigenvalue weighted by Gasteiger charge is -2.37. The Morgan fingerprint density at radius 2 is 1.37 bits per heavy atom. The van der Waals surface area contributed by atoms with Crippen LogP contribution in [0.1, 0.15) is 84.0 Å². The van der Waals surface area contributed by atoms with Gasteiger partial charge in [0.2, 0.25) is 0 Å². The molecule has 2 rings (SSSR count). The van der Waals surface area contributed by atoms with E-state index in [1.807, 2.05) is 0 Å². The minimum Gasteiger partial charge on any atom is -0.316 e. The average Bonchev–Trinajstić information content (AvgIpc) is 2.52. The minimum absolute atomic E-state index is 0.986. The molecule has 112 valence electrons. The number of piperidine rings is 1. The minimum atomic E-state index is 0.986. The second kappa shape index (κ2) is 9.00. The van der Waals surface area contributed by atoms with Crippen molar-refractivity contribution in [3.05, 3.63) is 0 Å². The standard InChI is InChI=1S/C18H35N/c1-2-16-13-14-19-15-18(16)17-11-9-7-5-3-4-6-8-10-12-17/h16-19H,2-15H2,1H3. The topological polar surface area (TPSA) is 12.0 Å². The van der Waals surface area contributed by atoms with Crippen LogP contribution in [0.15, 0.2) is 0 Å². The Morgan fingerprint density at radius 1 is 0.789 bits per heavy atom. The molecule has 1 saturated carbocycles. The molecule has 1 N–H and O–H groups in total. The maximum absolute atomic E-state index is 3.67. The maximum Gasteiger partial charge on any atom is -0.00152 e. The van der Waals surface area contributed by atoms with Gasteiger partial charge in [-0.3, -0.25) is 0 Å². The van der Waals surface area contributed by atoms with Crippen LogP contribution in [0.25, 0.3) is 0 Å². The van der Waals surface area contributed by atoms with Crippen LogP contribution >= 0.6 is 0 Å². The first-order valence-electron chi connectivity index (χ1n) is 9.12. The van der Waals surface area contributed by atoms with E-state index in [2.05, 4.69) is 12.2 Å². The first-order valence-corrected chi connectivity index (χ1v) is 9.12. The lowest BCUT2D eigenvalue weighted by atomic mass is 9.73. The molecule has 1 heteroatoms. The number of hydrogen-bond acceptors (Lipinski definition) is 1. The third kappa shape index (κ3) is 5.10. The van der Waals surface area contributed by atoms with E-state index in [4.69, 9.17) is 0 Å². The molecule has 0 aromatic heterocycles. The fourth-order valence-electron chi connectivity index (χ4n) is 4.44. The van der Waals surface area contributed by atoms with Gasteiger partial charge in [0.1, 0.15) is 0 Å². The lowest BCUT2D eigenvalue weighted by molar-refractivity contribution is 0.151. The summed E-state index contributed by atoms with van der Waals surface area (Å²) in [6.45, 7) is 4.99. The summed E-state index contributed by atoms with van der Waals surface area (Å²) in [6.07, 6.45) is 17.8. The molecule has 2 atom stereocenters. The van der Waals surface area contributed by atoms with Crippen molar-refractivity contribution in [2.45, 2.75) is 84.0 Å². The third-order valence-corrected chi connectivity index (χ3v) is 5.71. The van der Waals surface area contributed by atoms with Gasteiger partial charge in [0.05, 0.1) is 0 Å². The second-order valence-electron chi connectivity index (χ2n) is 6.99. The number of hydrogen-bond donors (Lipinski definition) is 1. The molecule has 1 nitrogen and oxygen atoms in total. The van der Waals surface area contributed by atoms with Crippen LogP contribution in [0.4, 0.5) is 0 Å². The molecule has 2 fully saturated rings. The second-order valence-corrected chi connectivity index (χ2v) is 6.99. The lowest BCUT2D eigenvalue weighted by Crippen LogP contribution is -2.40.